The molecule has 1 heterocycles. The van der Waals surface area contributed by atoms with Gasteiger partial charge in [-0.3, -0.25) is 4.79 Å². The molecule has 1 amide bonds. The molecule has 35 heavy (non-hydrogen) atoms. The second-order valence-electron chi connectivity index (χ2n) is 9.81. The molecule has 2 aromatic rings. The van der Waals surface area contributed by atoms with Crippen molar-refractivity contribution in [2.24, 2.45) is 0 Å². The molecule has 0 bridgehead atoms. The van der Waals surface area contributed by atoms with Crippen molar-refractivity contribution in [3.63, 3.8) is 0 Å². The van der Waals surface area contributed by atoms with E-state index in [9.17, 15) is 18.3 Å². The number of nitrogens with zero attached hydrogens (tertiary/aromatic N) is 1. The van der Waals surface area contributed by atoms with Gasteiger partial charge in [-0.1, -0.05) is 54.4 Å². The van der Waals surface area contributed by atoms with Crippen LogP contribution in [0.25, 0.3) is 0 Å². The maximum absolute atomic E-state index is 13.8. The summed E-state index contributed by atoms with van der Waals surface area (Å²) in [5.41, 5.74) is 1.52. The average molecular weight is 543 g/mol. The van der Waals surface area contributed by atoms with E-state index in [1.165, 1.54) is 0 Å². The standard InChI is InChI=1S/C26H33Cl2NO5S/c1-5-21(16-35(32,33)26(2,3)4)29-23(17-9-11-19(27)12-10-17)24(18-7-6-8-20(28)15-18)34-22(13-14-30)25(29)31/h6-12,15,21-24,30H,5,13-14,16H2,1-4H3/t21-,22+,23+,24+/m0/s1. The van der Waals surface area contributed by atoms with Crippen LogP contribution in [0.1, 0.15) is 63.8 Å². The highest BCUT2D eigenvalue weighted by Crippen LogP contribution is 2.45. The summed E-state index contributed by atoms with van der Waals surface area (Å²) in [7, 11) is -3.54. The molecule has 1 N–H and O–H groups in total. The Kier molecular flexibility index (Phi) is 8.92. The third-order valence-electron chi connectivity index (χ3n) is 6.42. The SMILES string of the molecule is CC[C@@H](CS(=O)(=O)C(C)(C)C)N1C(=O)[C@@H](CCO)O[C@H](c2cccc(Cl)c2)[C@H]1c1ccc(Cl)cc1. The quantitative estimate of drug-likeness (QED) is 0.485. The molecule has 0 saturated carbocycles. The van der Waals surface area contributed by atoms with Crippen molar-refractivity contribution in [2.45, 2.75) is 69.6 Å². The van der Waals surface area contributed by atoms with Gasteiger partial charge in [0.1, 0.15) is 12.2 Å². The van der Waals surface area contributed by atoms with E-state index < -0.39 is 38.9 Å². The second kappa shape index (κ2) is 11.2. The smallest absolute Gasteiger partial charge is 0.252 e. The van der Waals surface area contributed by atoms with Gasteiger partial charge < -0.3 is 14.7 Å². The minimum atomic E-state index is -3.54. The lowest BCUT2D eigenvalue weighted by atomic mass is 9.89. The molecule has 1 aliphatic rings. The van der Waals surface area contributed by atoms with Gasteiger partial charge in [0, 0.05) is 29.1 Å². The first-order valence-electron chi connectivity index (χ1n) is 11.7. The van der Waals surface area contributed by atoms with E-state index in [-0.39, 0.29) is 24.7 Å². The van der Waals surface area contributed by atoms with Crippen molar-refractivity contribution in [2.75, 3.05) is 12.4 Å². The summed E-state index contributed by atoms with van der Waals surface area (Å²) in [6, 6.07) is 13.1. The molecule has 0 aromatic heterocycles. The third kappa shape index (κ3) is 6.20. The summed E-state index contributed by atoms with van der Waals surface area (Å²) in [5, 5.41) is 10.7. The molecule has 0 radical (unpaired) electrons. The number of sulfone groups is 1. The predicted molar refractivity (Wildman–Crippen MR) is 139 cm³/mol. The number of halogens is 2. The number of benzene rings is 2. The highest BCUT2D eigenvalue weighted by Gasteiger charge is 2.47. The van der Waals surface area contributed by atoms with Crippen molar-refractivity contribution < 1.29 is 23.1 Å². The number of carbonyl (C=O) groups excluding carboxylic acids is 1. The summed E-state index contributed by atoms with van der Waals surface area (Å²) < 4.78 is 31.8. The van der Waals surface area contributed by atoms with E-state index in [2.05, 4.69) is 0 Å². The van der Waals surface area contributed by atoms with Gasteiger partial charge in [-0.15, -0.1) is 0 Å². The van der Waals surface area contributed by atoms with Gasteiger partial charge >= 0.3 is 0 Å². The summed E-state index contributed by atoms with van der Waals surface area (Å²) in [6.07, 6.45) is -1.02. The Labute approximate surface area is 218 Å². The maximum atomic E-state index is 13.8. The first kappa shape index (κ1) is 27.9. The zero-order valence-electron chi connectivity index (χ0n) is 20.4. The fourth-order valence-electron chi connectivity index (χ4n) is 4.31. The number of hydrogen-bond donors (Lipinski definition) is 1. The summed E-state index contributed by atoms with van der Waals surface area (Å²) in [5.74, 6) is -0.523. The van der Waals surface area contributed by atoms with Gasteiger partial charge in [-0.05, 0) is 62.6 Å². The highest BCUT2D eigenvalue weighted by atomic mass is 35.5. The van der Waals surface area contributed by atoms with E-state index in [0.29, 0.717) is 16.5 Å². The topological polar surface area (TPSA) is 83.9 Å². The van der Waals surface area contributed by atoms with Gasteiger partial charge in [0.05, 0.1) is 16.5 Å². The number of carbonyl (C=O) groups is 1. The number of ether oxygens (including phenoxy) is 1. The molecule has 1 fully saturated rings. The molecular formula is C26H33Cl2NO5S. The lowest BCUT2D eigenvalue weighted by Crippen LogP contribution is -2.57. The van der Waals surface area contributed by atoms with E-state index in [1.807, 2.05) is 31.2 Å². The van der Waals surface area contributed by atoms with Crippen LogP contribution >= 0.6 is 23.2 Å². The van der Waals surface area contributed by atoms with Crippen LogP contribution in [0.4, 0.5) is 0 Å². The molecule has 3 rings (SSSR count). The number of hydrogen-bond acceptors (Lipinski definition) is 5. The molecule has 6 nitrogen and oxygen atoms in total. The van der Waals surface area contributed by atoms with Crippen LogP contribution in [0.5, 0.6) is 0 Å². The molecule has 1 saturated heterocycles. The third-order valence-corrected chi connectivity index (χ3v) is 9.59. The van der Waals surface area contributed by atoms with Gasteiger partial charge in [-0.25, -0.2) is 8.42 Å². The zero-order valence-corrected chi connectivity index (χ0v) is 22.8. The maximum Gasteiger partial charge on any atom is 0.252 e. The fourth-order valence-corrected chi connectivity index (χ4v) is 6.04. The largest absolute Gasteiger partial charge is 0.396 e. The van der Waals surface area contributed by atoms with Gasteiger partial charge in [0.25, 0.3) is 5.91 Å². The summed E-state index contributed by atoms with van der Waals surface area (Å²) >= 11 is 12.4. The Morgan fingerprint density at radius 1 is 1.06 bits per heavy atom. The molecular weight excluding hydrogens is 509 g/mol. The Hall–Kier alpha value is -1.64. The van der Waals surface area contributed by atoms with Crippen molar-refractivity contribution in [1.82, 2.24) is 4.90 Å². The van der Waals surface area contributed by atoms with E-state index in [4.69, 9.17) is 27.9 Å². The van der Waals surface area contributed by atoms with Crippen molar-refractivity contribution >= 4 is 38.9 Å². The highest BCUT2D eigenvalue weighted by molar-refractivity contribution is 7.92. The number of amides is 1. The first-order chi connectivity index (χ1) is 16.4. The molecule has 1 aliphatic heterocycles. The van der Waals surface area contributed by atoms with Crippen LogP contribution in [0, 0.1) is 0 Å². The van der Waals surface area contributed by atoms with Gasteiger partial charge in [-0.2, -0.15) is 0 Å². The van der Waals surface area contributed by atoms with Crippen LogP contribution in [0.3, 0.4) is 0 Å². The second-order valence-corrected chi connectivity index (χ2v) is 13.5. The Morgan fingerprint density at radius 3 is 2.26 bits per heavy atom. The number of rotatable bonds is 8. The van der Waals surface area contributed by atoms with Crippen LogP contribution in [0.15, 0.2) is 48.5 Å². The number of aliphatic hydroxyl groups excluding tert-OH is 1. The molecule has 0 unspecified atom stereocenters. The molecule has 4 atom stereocenters. The lowest BCUT2D eigenvalue weighted by Gasteiger charge is -2.48. The van der Waals surface area contributed by atoms with Crippen LogP contribution in [-0.4, -0.2) is 53.6 Å². The minimum absolute atomic E-state index is 0.0994. The van der Waals surface area contributed by atoms with E-state index >= 15 is 0 Å². The summed E-state index contributed by atoms with van der Waals surface area (Å²) in [4.78, 5) is 15.4. The van der Waals surface area contributed by atoms with Gasteiger partial charge in [0.2, 0.25) is 0 Å². The normalized spacial score (nSPS) is 22.3. The number of aliphatic hydroxyl groups is 1. The number of morpholine rings is 1. The fraction of sp³-hybridized carbons (Fsp3) is 0.500. The minimum Gasteiger partial charge on any atom is -0.396 e. The summed E-state index contributed by atoms with van der Waals surface area (Å²) in [6.45, 7) is 6.62. The molecule has 192 valence electrons. The van der Waals surface area contributed by atoms with E-state index in [0.717, 1.165) is 11.1 Å². The monoisotopic (exact) mass is 541 g/mol. The molecule has 9 heteroatoms. The zero-order chi connectivity index (χ0) is 26.0. The predicted octanol–water partition coefficient (Wildman–Crippen LogP) is 5.38. The molecule has 0 spiro atoms. The van der Waals surface area contributed by atoms with Crippen molar-refractivity contribution in [3.8, 4) is 0 Å². The van der Waals surface area contributed by atoms with E-state index in [1.54, 1.807) is 49.9 Å². The first-order valence-corrected chi connectivity index (χ1v) is 14.1. The Balaban J connectivity index is 2.19. The molecule has 0 aliphatic carbocycles. The Morgan fingerprint density at radius 2 is 1.71 bits per heavy atom. The lowest BCUT2D eigenvalue weighted by molar-refractivity contribution is -0.180. The van der Waals surface area contributed by atoms with Gasteiger partial charge in [0.15, 0.2) is 9.84 Å². The average Bonchev–Trinajstić information content (AvgIpc) is 2.78. The van der Waals surface area contributed by atoms with Crippen molar-refractivity contribution in [3.05, 3.63) is 69.7 Å². The van der Waals surface area contributed by atoms with Crippen LogP contribution in [0.2, 0.25) is 10.0 Å². The molecule has 2 aromatic carbocycles. The van der Waals surface area contributed by atoms with Crippen LogP contribution in [-0.2, 0) is 19.4 Å². The van der Waals surface area contributed by atoms with Crippen molar-refractivity contribution in [1.29, 1.82) is 0 Å². The van der Waals surface area contributed by atoms with Crippen LogP contribution < -0.4 is 0 Å². The Bertz CT molecular complexity index is 1130.